The predicted molar refractivity (Wildman–Crippen MR) is 79.7 cm³/mol. The molecule has 116 valence electrons. The van der Waals surface area contributed by atoms with Gasteiger partial charge in [0.2, 0.25) is 5.91 Å². The smallest absolute Gasteiger partial charge is 0.224 e. The average molecular weight is 283 g/mol. The van der Waals surface area contributed by atoms with E-state index >= 15 is 0 Å². The highest BCUT2D eigenvalue weighted by Gasteiger charge is 2.24. The maximum Gasteiger partial charge on any atom is 0.224 e. The van der Waals surface area contributed by atoms with Gasteiger partial charge in [-0.15, -0.1) is 0 Å². The van der Waals surface area contributed by atoms with Gasteiger partial charge in [0.15, 0.2) is 0 Å². The quantitative estimate of drug-likeness (QED) is 0.807. The highest BCUT2D eigenvalue weighted by molar-refractivity contribution is 5.76. The maximum absolute atomic E-state index is 12.2. The molecule has 2 heterocycles. The van der Waals surface area contributed by atoms with Crippen molar-refractivity contribution in [2.75, 3.05) is 46.9 Å². The number of likely N-dealkylation sites (N-methyl/N-ethyl adjacent to an activating group) is 1. The summed E-state index contributed by atoms with van der Waals surface area (Å²) in [6.45, 7) is 4.44. The first-order valence-electron chi connectivity index (χ1n) is 7.93. The second-order valence-corrected chi connectivity index (χ2v) is 6.17. The molecule has 5 heteroatoms. The molecule has 2 saturated heterocycles. The van der Waals surface area contributed by atoms with Crippen molar-refractivity contribution < 1.29 is 9.53 Å². The zero-order valence-corrected chi connectivity index (χ0v) is 12.9. The molecule has 0 aromatic heterocycles. The largest absolute Gasteiger partial charge is 0.378 e. The minimum absolute atomic E-state index is 0.255. The summed E-state index contributed by atoms with van der Waals surface area (Å²) < 4.78 is 5.82. The summed E-state index contributed by atoms with van der Waals surface area (Å²) in [5.74, 6) is 0.255. The van der Waals surface area contributed by atoms with Crippen LogP contribution < -0.4 is 5.32 Å². The second kappa shape index (κ2) is 7.96. The number of piperidine rings is 2. The zero-order chi connectivity index (χ0) is 14.4. The van der Waals surface area contributed by atoms with Crippen LogP contribution in [0.1, 0.15) is 32.1 Å². The SMILES string of the molecule is CN(C)C1CCCN(C(=O)CCOC2CCNCC2)C1. The molecule has 2 rings (SSSR count). The highest BCUT2D eigenvalue weighted by atomic mass is 16.5. The summed E-state index contributed by atoms with van der Waals surface area (Å²) in [4.78, 5) is 16.5. The molecule has 5 nitrogen and oxygen atoms in total. The molecular weight excluding hydrogens is 254 g/mol. The topological polar surface area (TPSA) is 44.8 Å². The van der Waals surface area contributed by atoms with E-state index in [1.54, 1.807) is 0 Å². The Morgan fingerprint density at radius 2 is 2.05 bits per heavy atom. The van der Waals surface area contributed by atoms with Crippen LogP contribution in [0.4, 0.5) is 0 Å². The summed E-state index contributed by atoms with van der Waals surface area (Å²) in [6.07, 6.45) is 5.33. The van der Waals surface area contributed by atoms with Gasteiger partial charge in [-0.1, -0.05) is 0 Å². The van der Waals surface area contributed by atoms with E-state index in [4.69, 9.17) is 4.74 Å². The van der Waals surface area contributed by atoms with E-state index in [1.165, 1.54) is 6.42 Å². The molecule has 0 spiro atoms. The van der Waals surface area contributed by atoms with Crippen molar-refractivity contribution in [2.24, 2.45) is 0 Å². The van der Waals surface area contributed by atoms with Crippen molar-refractivity contribution in [2.45, 2.75) is 44.2 Å². The van der Waals surface area contributed by atoms with Crippen molar-refractivity contribution in [3.63, 3.8) is 0 Å². The Kier molecular flexibility index (Phi) is 6.26. The van der Waals surface area contributed by atoms with Gasteiger partial charge in [-0.05, 0) is 52.9 Å². The molecule has 1 amide bonds. The molecule has 2 aliphatic rings. The molecule has 0 aromatic rings. The summed E-state index contributed by atoms with van der Waals surface area (Å²) >= 11 is 0. The lowest BCUT2D eigenvalue weighted by molar-refractivity contribution is -0.134. The van der Waals surface area contributed by atoms with Gasteiger partial charge in [-0.3, -0.25) is 4.79 Å². The fourth-order valence-corrected chi connectivity index (χ4v) is 3.04. The summed E-state index contributed by atoms with van der Waals surface area (Å²) in [7, 11) is 4.19. The van der Waals surface area contributed by atoms with Crippen LogP contribution in [-0.4, -0.2) is 74.7 Å². The van der Waals surface area contributed by atoms with Crippen molar-refractivity contribution in [1.82, 2.24) is 15.1 Å². The van der Waals surface area contributed by atoms with Crippen LogP contribution in [0.3, 0.4) is 0 Å². The monoisotopic (exact) mass is 283 g/mol. The first-order chi connectivity index (χ1) is 9.66. The third kappa shape index (κ3) is 4.72. The van der Waals surface area contributed by atoms with Crippen LogP contribution in [0.15, 0.2) is 0 Å². The van der Waals surface area contributed by atoms with Crippen molar-refractivity contribution in [1.29, 1.82) is 0 Å². The Bertz CT molecular complexity index is 303. The number of carbonyl (C=O) groups excluding carboxylic acids is 1. The fraction of sp³-hybridized carbons (Fsp3) is 0.933. The van der Waals surface area contributed by atoms with Crippen LogP contribution in [0.5, 0.6) is 0 Å². The molecule has 0 saturated carbocycles. The summed E-state index contributed by atoms with van der Waals surface area (Å²) in [5, 5.41) is 3.32. The lowest BCUT2D eigenvalue weighted by Gasteiger charge is -2.36. The first kappa shape index (κ1) is 15.7. The first-order valence-corrected chi connectivity index (χ1v) is 7.93. The highest BCUT2D eigenvalue weighted by Crippen LogP contribution is 2.15. The number of nitrogens with zero attached hydrogens (tertiary/aromatic N) is 2. The summed E-state index contributed by atoms with van der Waals surface area (Å²) in [5.41, 5.74) is 0. The van der Waals surface area contributed by atoms with Gasteiger partial charge in [0, 0.05) is 19.1 Å². The maximum atomic E-state index is 12.2. The van der Waals surface area contributed by atoms with Gasteiger partial charge < -0.3 is 19.9 Å². The number of rotatable bonds is 5. The van der Waals surface area contributed by atoms with E-state index in [9.17, 15) is 4.79 Å². The lowest BCUT2D eigenvalue weighted by Crippen LogP contribution is -2.47. The molecule has 2 fully saturated rings. The van der Waals surface area contributed by atoms with Crippen molar-refractivity contribution in [3.05, 3.63) is 0 Å². The third-order valence-corrected chi connectivity index (χ3v) is 4.44. The van der Waals surface area contributed by atoms with Crippen molar-refractivity contribution in [3.8, 4) is 0 Å². The molecule has 1 N–H and O–H groups in total. The average Bonchev–Trinajstić information content (AvgIpc) is 2.48. The second-order valence-electron chi connectivity index (χ2n) is 6.17. The Morgan fingerprint density at radius 3 is 2.75 bits per heavy atom. The number of hydrogen-bond donors (Lipinski definition) is 1. The van der Waals surface area contributed by atoms with Crippen LogP contribution in [0.25, 0.3) is 0 Å². The van der Waals surface area contributed by atoms with Crippen LogP contribution >= 0.6 is 0 Å². The number of ether oxygens (including phenoxy) is 1. The van der Waals surface area contributed by atoms with E-state index in [2.05, 4.69) is 24.3 Å². The van der Waals surface area contributed by atoms with E-state index in [0.29, 0.717) is 25.2 Å². The molecule has 0 aliphatic carbocycles. The molecule has 0 radical (unpaired) electrons. The Hall–Kier alpha value is -0.650. The van der Waals surface area contributed by atoms with Gasteiger partial charge >= 0.3 is 0 Å². The zero-order valence-electron chi connectivity index (χ0n) is 12.9. The Balaban J connectivity index is 1.66. The molecule has 1 unspecified atom stereocenters. The van der Waals surface area contributed by atoms with Gasteiger partial charge in [-0.2, -0.15) is 0 Å². The Labute approximate surface area is 122 Å². The molecule has 0 aromatic carbocycles. The van der Waals surface area contributed by atoms with Crippen LogP contribution in [0, 0.1) is 0 Å². The van der Waals surface area contributed by atoms with Gasteiger partial charge in [-0.25, -0.2) is 0 Å². The minimum atomic E-state index is 0.255. The van der Waals surface area contributed by atoms with E-state index in [-0.39, 0.29) is 5.91 Å². The third-order valence-electron chi connectivity index (χ3n) is 4.44. The summed E-state index contributed by atoms with van der Waals surface area (Å²) in [6, 6.07) is 0.512. The molecule has 2 aliphatic heterocycles. The standard InChI is InChI=1S/C15H29N3O2/c1-17(2)13-4-3-10-18(12-13)15(19)7-11-20-14-5-8-16-9-6-14/h13-14,16H,3-12H2,1-2H3. The van der Waals surface area contributed by atoms with Crippen LogP contribution in [-0.2, 0) is 9.53 Å². The Morgan fingerprint density at radius 1 is 1.30 bits per heavy atom. The molecule has 1 atom stereocenters. The number of amides is 1. The molecular formula is C15H29N3O2. The normalized spacial score (nSPS) is 25.1. The number of hydrogen-bond acceptors (Lipinski definition) is 4. The van der Waals surface area contributed by atoms with Crippen LogP contribution in [0.2, 0.25) is 0 Å². The molecule has 0 bridgehead atoms. The number of carbonyl (C=O) groups is 1. The van der Waals surface area contributed by atoms with Gasteiger partial charge in [0.05, 0.1) is 19.1 Å². The van der Waals surface area contributed by atoms with E-state index < -0.39 is 0 Å². The van der Waals surface area contributed by atoms with Crippen molar-refractivity contribution >= 4 is 5.91 Å². The van der Waals surface area contributed by atoms with Gasteiger partial charge in [0.25, 0.3) is 0 Å². The number of nitrogens with one attached hydrogen (secondary N) is 1. The minimum Gasteiger partial charge on any atom is -0.378 e. The number of likely N-dealkylation sites (tertiary alicyclic amines) is 1. The van der Waals surface area contributed by atoms with E-state index in [1.807, 2.05) is 4.90 Å². The van der Waals surface area contributed by atoms with Gasteiger partial charge in [0.1, 0.15) is 0 Å². The fourth-order valence-electron chi connectivity index (χ4n) is 3.04. The predicted octanol–water partition coefficient (Wildman–Crippen LogP) is 0.698. The van der Waals surface area contributed by atoms with E-state index in [0.717, 1.165) is 45.4 Å². The lowest BCUT2D eigenvalue weighted by atomic mass is 10.0. The molecule has 20 heavy (non-hydrogen) atoms.